The van der Waals surface area contributed by atoms with Crippen LogP contribution in [0, 0.1) is 5.82 Å². The molecule has 1 saturated heterocycles. The Morgan fingerprint density at radius 3 is 2.82 bits per heavy atom. The molecule has 9 heteroatoms. The highest BCUT2D eigenvalue weighted by molar-refractivity contribution is 5.84. The SMILES string of the molecule is O=CN(Cc1cccnc1)c1ccc(N2CCNC(=O)C2)nc1NCCc1cccc(F)c1. The van der Waals surface area contributed by atoms with Crippen LogP contribution in [0.5, 0.6) is 0 Å². The van der Waals surface area contributed by atoms with Crippen molar-refractivity contribution in [3.05, 3.63) is 77.9 Å². The number of hydrogen-bond acceptors (Lipinski definition) is 6. The van der Waals surface area contributed by atoms with Crippen molar-refractivity contribution in [3.63, 3.8) is 0 Å². The van der Waals surface area contributed by atoms with Crippen molar-refractivity contribution < 1.29 is 14.0 Å². The minimum Gasteiger partial charge on any atom is -0.368 e. The molecule has 1 fully saturated rings. The van der Waals surface area contributed by atoms with Gasteiger partial charge in [0.15, 0.2) is 5.82 Å². The fraction of sp³-hybridized carbons (Fsp3) is 0.250. The molecule has 3 heterocycles. The molecule has 0 atom stereocenters. The summed E-state index contributed by atoms with van der Waals surface area (Å²) in [4.78, 5) is 36.1. The lowest BCUT2D eigenvalue weighted by Crippen LogP contribution is -2.48. The largest absolute Gasteiger partial charge is 0.368 e. The van der Waals surface area contributed by atoms with Gasteiger partial charge in [-0.1, -0.05) is 18.2 Å². The number of hydrogen-bond donors (Lipinski definition) is 2. The van der Waals surface area contributed by atoms with Gasteiger partial charge in [0.2, 0.25) is 12.3 Å². The number of carbonyl (C=O) groups excluding carboxylic acids is 2. The molecule has 0 saturated carbocycles. The van der Waals surface area contributed by atoms with E-state index in [1.165, 1.54) is 12.1 Å². The molecular weight excluding hydrogens is 423 g/mol. The maximum atomic E-state index is 13.5. The second kappa shape index (κ2) is 10.5. The molecule has 2 N–H and O–H groups in total. The summed E-state index contributed by atoms with van der Waals surface area (Å²) < 4.78 is 13.5. The van der Waals surface area contributed by atoms with Crippen LogP contribution in [0.4, 0.5) is 21.7 Å². The van der Waals surface area contributed by atoms with E-state index in [0.717, 1.165) is 17.5 Å². The molecule has 1 aliphatic heterocycles. The number of aromatic nitrogens is 2. The van der Waals surface area contributed by atoms with Crippen LogP contribution < -0.4 is 20.4 Å². The lowest BCUT2D eigenvalue weighted by atomic mass is 10.1. The summed E-state index contributed by atoms with van der Waals surface area (Å²) in [7, 11) is 0. The summed E-state index contributed by atoms with van der Waals surface area (Å²) in [5.74, 6) is 0.832. The Labute approximate surface area is 191 Å². The molecule has 0 unspecified atom stereocenters. The van der Waals surface area contributed by atoms with E-state index in [1.807, 2.05) is 35.2 Å². The van der Waals surface area contributed by atoms with E-state index < -0.39 is 0 Å². The number of anilines is 3. The molecule has 170 valence electrons. The number of amides is 2. The highest BCUT2D eigenvalue weighted by Crippen LogP contribution is 2.28. The lowest BCUT2D eigenvalue weighted by molar-refractivity contribution is -0.120. The first-order valence-corrected chi connectivity index (χ1v) is 10.7. The van der Waals surface area contributed by atoms with Crippen LogP contribution in [0.3, 0.4) is 0 Å². The molecule has 0 aliphatic carbocycles. The second-order valence-corrected chi connectivity index (χ2v) is 7.71. The minimum absolute atomic E-state index is 0.0566. The third-order valence-corrected chi connectivity index (χ3v) is 5.33. The predicted molar refractivity (Wildman–Crippen MR) is 125 cm³/mol. The van der Waals surface area contributed by atoms with Gasteiger partial charge in [-0.3, -0.25) is 14.6 Å². The molecule has 8 nitrogen and oxygen atoms in total. The van der Waals surface area contributed by atoms with E-state index in [-0.39, 0.29) is 18.3 Å². The van der Waals surface area contributed by atoms with Gasteiger partial charge in [0.25, 0.3) is 0 Å². The fourth-order valence-corrected chi connectivity index (χ4v) is 3.70. The van der Waals surface area contributed by atoms with E-state index in [2.05, 4.69) is 15.6 Å². The van der Waals surface area contributed by atoms with Crippen LogP contribution in [-0.2, 0) is 22.6 Å². The first-order chi connectivity index (χ1) is 16.1. The average molecular weight is 449 g/mol. The molecule has 1 aliphatic rings. The number of carbonyl (C=O) groups is 2. The predicted octanol–water partition coefficient (Wildman–Crippen LogP) is 2.37. The number of nitrogens with zero attached hydrogens (tertiary/aromatic N) is 4. The fourth-order valence-electron chi connectivity index (χ4n) is 3.70. The summed E-state index contributed by atoms with van der Waals surface area (Å²) >= 11 is 0. The first-order valence-electron chi connectivity index (χ1n) is 10.7. The summed E-state index contributed by atoms with van der Waals surface area (Å²) in [6.45, 7) is 2.25. The highest BCUT2D eigenvalue weighted by atomic mass is 19.1. The van der Waals surface area contributed by atoms with Crippen molar-refractivity contribution in [1.29, 1.82) is 0 Å². The summed E-state index contributed by atoms with van der Waals surface area (Å²) in [5.41, 5.74) is 2.35. The zero-order valence-electron chi connectivity index (χ0n) is 18.1. The summed E-state index contributed by atoms with van der Waals surface area (Å²) in [5, 5.41) is 6.10. The standard InChI is InChI=1S/C24H25FN6O2/c25-20-5-1-3-18(13-20)8-10-28-24-21(31(17-32)15-19-4-2-9-26-14-19)6-7-22(29-24)30-12-11-27-23(33)16-30/h1-7,9,13-14,17H,8,10-12,15-16H2,(H,27,33)(H,28,29). The van der Waals surface area contributed by atoms with Crippen molar-refractivity contribution >= 4 is 29.6 Å². The van der Waals surface area contributed by atoms with Crippen LogP contribution in [0.15, 0.2) is 60.9 Å². The van der Waals surface area contributed by atoms with Crippen molar-refractivity contribution in [2.45, 2.75) is 13.0 Å². The van der Waals surface area contributed by atoms with E-state index in [1.54, 1.807) is 23.4 Å². The normalized spacial score (nSPS) is 13.4. The van der Waals surface area contributed by atoms with Crippen molar-refractivity contribution in [3.8, 4) is 0 Å². The van der Waals surface area contributed by atoms with E-state index >= 15 is 0 Å². The number of halogens is 1. The third kappa shape index (κ3) is 5.82. The number of rotatable bonds is 9. The van der Waals surface area contributed by atoms with Gasteiger partial charge >= 0.3 is 0 Å². The first kappa shape index (κ1) is 22.2. The maximum absolute atomic E-state index is 13.5. The molecule has 4 rings (SSSR count). The molecular formula is C24H25FN6O2. The zero-order chi connectivity index (χ0) is 23.0. The summed E-state index contributed by atoms with van der Waals surface area (Å²) in [6.07, 6.45) is 4.73. The number of benzene rings is 1. The number of pyridine rings is 2. The molecule has 0 radical (unpaired) electrons. The van der Waals surface area contributed by atoms with Gasteiger partial charge in [-0.05, 0) is 47.9 Å². The zero-order valence-corrected chi connectivity index (χ0v) is 18.1. The van der Waals surface area contributed by atoms with Gasteiger partial charge in [0.05, 0.1) is 18.8 Å². The van der Waals surface area contributed by atoms with Crippen LogP contribution in [0.1, 0.15) is 11.1 Å². The van der Waals surface area contributed by atoms with Crippen molar-refractivity contribution in [2.75, 3.05) is 41.3 Å². The Morgan fingerprint density at radius 2 is 2.06 bits per heavy atom. The van der Waals surface area contributed by atoms with Gasteiger partial charge in [-0.15, -0.1) is 0 Å². The molecule has 33 heavy (non-hydrogen) atoms. The smallest absolute Gasteiger partial charge is 0.239 e. The molecule has 0 bridgehead atoms. The van der Waals surface area contributed by atoms with E-state index in [4.69, 9.17) is 4.98 Å². The highest BCUT2D eigenvalue weighted by Gasteiger charge is 2.20. The molecule has 2 aromatic heterocycles. The molecule has 3 aromatic rings. The van der Waals surface area contributed by atoms with Crippen LogP contribution in [-0.4, -0.2) is 48.5 Å². The molecule has 2 amide bonds. The van der Waals surface area contributed by atoms with Crippen LogP contribution >= 0.6 is 0 Å². The van der Waals surface area contributed by atoms with Crippen molar-refractivity contribution in [2.24, 2.45) is 0 Å². The van der Waals surface area contributed by atoms with Gasteiger partial charge in [-0.2, -0.15) is 0 Å². The summed E-state index contributed by atoms with van der Waals surface area (Å²) in [6, 6.07) is 13.8. The lowest BCUT2D eigenvalue weighted by Gasteiger charge is -2.29. The number of piperazine rings is 1. The van der Waals surface area contributed by atoms with Gasteiger partial charge in [0.1, 0.15) is 11.6 Å². The van der Waals surface area contributed by atoms with Crippen LogP contribution in [0.25, 0.3) is 0 Å². The van der Waals surface area contributed by atoms with Gasteiger partial charge in [0, 0.05) is 32.0 Å². The molecule has 1 aromatic carbocycles. The second-order valence-electron chi connectivity index (χ2n) is 7.71. The Kier molecular flexibility index (Phi) is 7.09. The monoisotopic (exact) mass is 448 g/mol. The van der Waals surface area contributed by atoms with E-state index in [9.17, 15) is 14.0 Å². The average Bonchev–Trinajstić information content (AvgIpc) is 2.83. The maximum Gasteiger partial charge on any atom is 0.239 e. The van der Waals surface area contributed by atoms with Gasteiger partial charge < -0.3 is 20.4 Å². The Bertz CT molecular complexity index is 1110. The van der Waals surface area contributed by atoms with Crippen molar-refractivity contribution in [1.82, 2.24) is 15.3 Å². The Morgan fingerprint density at radius 1 is 1.18 bits per heavy atom. The third-order valence-electron chi connectivity index (χ3n) is 5.33. The Balaban J connectivity index is 1.58. The minimum atomic E-state index is -0.278. The quantitative estimate of drug-likeness (QED) is 0.489. The number of nitrogens with one attached hydrogen (secondary N) is 2. The van der Waals surface area contributed by atoms with Crippen LogP contribution in [0.2, 0.25) is 0 Å². The Hall–Kier alpha value is -4.01. The molecule has 0 spiro atoms. The van der Waals surface area contributed by atoms with E-state index in [0.29, 0.717) is 49.9 Å². The van der Waals surface area contributed by atoms with Gasteiger partial charge in [-0.25, -0.2) is 9.37 Å². The topological polar surface area (TPSA) is 90.5 Å².